The maximum atomic E-state index is 12.0. The summed E-state index contributed by atoms with van der Waals surface area (Å²) in [4.78, 5) is 25.6. The van der Waals surface area contributed by atoms with Crippen LogP contribution < -0.4 is 14.4 Å². The summed E-state index contributed by atoms with van der Waals surface area (Å²) in [5.41, 5.74) is 0.733. The van der Waals surface area contributed by atoms with Crippen LogP contribution in [0.2, 0.25) is 0 Å². The van der Waals surface area contributed by atoms with E-state index in [1.54, 1.807) is 27.2 Å². The highest BCUT2D eigenvalue weighted by molar-refractivity contribution is 6.04. The van der Waals surface area contributed by atoms with Crippen LogP contribution in [0.25, 0.3) is 0 Å². The molecule has 2 rings (SSSR count). The van der Waals surface area contributed by atoms with Crippen LogP contribution in [0.5, 0.6) is 11.5 Å². The monoisotopic (exact) mass is 293 g/mol. The zero-order valence-electron chi connectivity index (χ0n) is 12.4. The van der Waals surface area contributed by atoms with Crippen molar-refractivity contribution in [2.75, 3.05) is 38.8 Å². The number of ether oxygens (including phenoxy) is 3. The number of ketones is 1. The molecule has 0 bridgehead atoms. The third-order valence-electron chi connectivity index (χ3n) is 3.43. The number of methoxy groups -OCH3 is 2. The average Bonchev–Trinajstić information content (AvgIpc) is 2.88. The molecule has 0 aliphatic carbocycles. The lowest BCUT2D eigenvalue weighted by atomic mass is 10.1. The second-order valence-corrected chi connectivity index (χ2v) is 4.66. The fourth-order valence-corrected chi connectivity index (χ4v) is 2.44. The van der Waals surface area contributed by atoms with E-state index in [1.165, 1.54) is 0 Å². The van der Waals surface area contributed by atoms with Crippen LogP contribution >= 0.6 is 0 Å². The third kappa shape index (κ3) is 2.94. The van der Waals surface area contributed by atoms with Gasteiger partial charge in [0, 0.05) is 6.54 Å². The van der Waals surface area contributed by atoms with Crippen LogP contribution in [-0.2, 0) is 14.3 Å². The van der Waals surface area contributed by atoms with Gasteiger partial charge in [-0.05, 0) is 19.1 Å². The molecule has 1 aliphatic heterocycles. The highest BCUT2D eigenvalue weighted by Gasteiger charge is 2.38. The van der Waals surface area contributed by atoms with E-state index >= 15 is 0 Å². The Morgan fingerprint density at radius 2 is 2.10 bits per heavy atom. The Labute approximate surface area is 123 Å². The van der Waals surface area contributed by atoms with Gasteiger partial charge in [0.2, 0.25) is 0 Å². The average molecular weight is 293 g/mol. The second-order valence-electron chi connectivity index (χ2n) is 4.66. The molecule has 1 aliphatic rings. The minimum atomic E-state index is -0.735. The first kappa shape index (κ1) is 15.2. The van der Waals surface area contributed by atoms with Gasteiger partial charge >= 0.3 is 5.97 Å². The van der Waals surface area contributed by atoms with Crippen LogP contribution in [-0.4, -0.2) is 45.7 Å². The molecule has 21 heavy (non-hydrogen) atoms. The summed E-state index contributed by atoms with van der Waals surface area (Å²) in [5, 5.41) is 0. The maximum Gasteiger partial charge on any atom is 0.318 e. The third-order valence-corrected chi connectivity index (χ3v) is 3.43. The van der Waals surface area contributed by atoms with Gasteiger partial charge in [-0.1, -0.05) is 6.07 Å². The Morgan fingerprint density at radius 3 is 2.71 bits per heavy atom. The van der Waals surface area contributed by atoms with E-state index in [0.717, 1.165) is 5.69 Å². The van der Waals surface area contributed by atoms with Gasteiger partial charge in [0.05, 0.1) is 33.1 Å². The number of carbonyl (C=O) groups is 2. The number of nitrogens with zero attached hydrogens (tertiary/aromatic N) is 1. The second kappa shape index (κ2) is 6.47. The van der Waals surface area contributed by atoms with Crippen molar-refractivity contribution in [2.45, 2.75) is 6.92 Å². The van der Waals surface area contributed by atoms with Crippen molar-refractivity contribution in [3.63, 3.8) is 0 Å². The Bertz CT molecular complexity index is 543. The number of Topliss-reactive ketones (excluding diaryl/α,β-unsaturated/α-hetero) is 1. The first-order chi connectivity index (χ1) is 10.1. The molecule has 1 heterocycles. The molecule has 114 valence electrons. The van der Waals surface area contributed by atoms with E-state index in [9.17, 15) is 9.59 Å². The normalized spacial score (nSPS) is 17.8. The molecule has 0 spiro atoms. The molecule has 1 fully saturated rings. The Hall–Kier alpha value is -2.24. The highest BCUT2D eigenvalue weighted by atomic mass is 16.5. The zero-order chi connectivity index (χ0) is 15.4. The standard InChI is InChI=1S/C15H19NO5/c1-4-21-15(18)10-8-16(9-12(10)17)11-6-5-7-13(19-2)14(11)20-3/h5-7,10H,4,8-9H2,1-3H3. The molecule has 1 unspecified atom stereocenters. The molecule has 0 amide bonds. The van der Waals surface area contributed by atoms with Crippen LogP contribution in [0.3, 0.4) is 0 Å². The SMILES string of the molecule is CCOC(=O)C1CN(c2cccc(OC)c2OC)CC1=O. The fraction of sp³-hybridized carbons (Fsp3) is 0.467. The van der Waals surface area contributed by atoms with E-state index in [2.05, 4.69) is 0 Å². The van der Waals surface area contributed by atoms with Crippen LogP contribution in [0.4, 0.5) is 5.69 Å². The summed E-state index contributed by atoms with van der Waals surface area (Å²) in [6.45, 7) is 2.44. The summed E-state index contributed by atoms with van der Waals surface area (Å²) in [7, 11) is 3.10. The van der Waals surface area contributed by atoms with E-state index in [4.69, 9.17) is 14.2 Å². The molecule has 0 N–H and O–H groups in total. The molecular weight excluding hydrogens is 274 g/mol. The Morgan fingerprint density at radius 1 is 1.33 bits per heavy atom. The predicted molar refractivity (Wildman–Crippen MR) is 76.9 cm³/mol. The molecule has 0 saturated carbocycles. The van der Waals surface area contributed by atoms with Gasteiger partial charge in [-0.25, -0.2) is 0 Å². The molecule has 6 heteroatoms. The Kier molecular flexibility index (Phi) is 4.67. The van der Waals surface area contributed by atoms with Gasteiger partial charge in [-0.3, -0.25) is 9.59 Å². The number of esters is 1. The zero-order valence-corrected chi connectivity index (χ0v) is 12.4. The van der Waals surface area contributed by atoms with Gasteiger partial charge in [0.25, 0.3) is 0 Å². The summed E-state index contributed by atoms with van der Waals surface area (Å²) < 4.78 is 15.6. The van der Waals surface area contributed by atoms with Gasteiger partial charge < -0.3 is 19.1 Å². The number of anilines is 1. The molecule has 6 nitrogen and oxygen atoms in total. The van der Waals surface area contributed by atoms with Crippen molar-refractivity contribution in [2.24, 2.45) is 5.92 Å². The summed E-state index contributed by atoms with van der Waals surface area (Å²) in [6, 6.07) is 5.43. The summed E-state index contributed by atoms with van der Waals surface area (Å²) in [6.07, 6.45) is 0. The minimum absolute atomic E-state index is 0.140. The van der Waals surface area contributed by atoms with Crippen LogP contribution in [0.15, 0.2) is 18.2 Å². The lowest BCUT2D eigenvalue weighted by molar-refractivity contribution is -0.149. The van der Waals surface area contributed by atoms with E-state index < -0.39 is 11.9 Å². The van der Waals surface area contributed by atoms with Gasteiger partial charge in [-0.2, -0.15) is 0 Å². The number of hydrogen-bond donors (Lipinski definition) is 0. The molecule has 1 aromatic carbocycles. The van der Waals surface area contributed by atoms with Crippen molar-refractivity contribution in [3.05, 3.63) is 18.2 Å². The topological polar surface area (TPSA) is 65.1 Å². The fourth-order valence-electron chi connectivity index (χ4n) is 2.44. The lowest BCUT2D eigenvalue weighted by Crippen LogP contribution is -2.26. The maximum absolute atomic E-state index is 12.0. The van der Waals surface area contributed by atoms with Crippen LogP contribution in [0.1, 0.15) is 6.92 Å². The van der Waals surface area contributed by atoms with Gasteiger partial charge in [-0.15, -0.1) is 0 Å². The summed E-state index contributed by atoms with van der Waals surface area (Å²) in [5.74, 6) is -0.203. The lowest BCUT2D eigenvalue weighted by Gasteiger charge is -2.21. The van der Waals surface area contributed by atoms with Crippen LogP contribution in [0, 0.1) is 5.92 Å². The smallest absolute Gasteiger partial charge is 0.318 e. The largest absolute Gasteiger partial charge is 0.493 e. The van der Waals surface area contributed by atoms with E-state index in [1.807, 2.05) is 17.0 Å². The van der Waals surface area contributed by atoms with Crippen molar-refractivity contribution >= 4 is 17.4 Å². The van der Waals surface area contributed by atoms with Crippen molar-refractivity contribution in [1.82, 2.24) is 0 Å². The molecule has 0 radical (unpaired) electrons. The first-order valence-electron chi connectivity index (χ1n) is 6.77. The Balaban J connectivity index is 2.25. The van der Waals surface area contributed by atoms with Gasteiger partial charge in [0.15, 0.2) is 17.3 Å². The number of carbonyl (C=O) groups excluding carboxylic acids is 2. The predicted octanol–water partition coefficient (Wildman–Crippen LogP) is 1.27. The van der Waals surface area contributed by atoms with E-state index in [-0.39, 0.29) is 18.9 Å². The van der Waals surface area contributed by atoms with Crippen molar-refractivity contribution in [3.8, 4) is 11.5 Å². The summed E-state index contributed by atoms with van der Waals surface area (Å²) >= 11 is 0. The molecule has 1 saturated heterocycles. The number of benzene rings is 1. The molecular formula is C15H19NO5. The first-order valence-corrected chi connectivity index (χ1v) is 6.77. The number of para-hydroxylation sites is 1. The number of rotatable bonds is 5. The van der Waals surface area contributed by atoms with Crippen molar-refractivity contribution in [1.29, 1.82) is 0 Å². The molecule has 1 aromatic rings. The number of hydrogen-bond acceptors (Lipinski definition) is 6. The van der Waals surface area contributed by atoms with E-state index in [0.29, 0.717) is 18.0 Å². The molecule has 1 atom stereocenters. The quantitative estimate of drug-likeness (QED) is 0.602. The minimum Gasteiger partial charge on any atom is -0.493 e. The highest BCUT2D eigenvalue weighted by Crippen LogP contribution is 2.38. The van der Waals surface area contributed by atoms with Gasteiger partial charge in [0.1, 0.15) is 5.92 Å². The van der Waals surface area contributed by atoms with Crippen molar-refractivity contribution < 1.29 is 23.8 Å². The molecule has 0 aromatic heterocycles.